The Hall–Kier alpha value is -3.49. The van der Waals surface area contributed by atoms with Gasteiger partial charge < -0.3 is 4.90 Å². The number of para-hydroxylation sites is 1. The molecule has 5 aromatic carbocycles. The van der Waals surface area contributed by atoms with Crippen molar-refractivity contribution in [2.45, 2.75) is 79.4 Å². The predicted octanol–water partition coefficient (Wildman–Crippen LogP) is 13.4. The molecule has 0 radical (unpaired) electrons. The van der Waals surface area contributed by atoms with Crippen LogP contribution in [0.1, 0.15) is 90.3 Å². The van der Waals surface area contributed by atoms with Crippen LogP contribution in [0.25, 0.3) is 10.8 Å². The topological polar surface area (TPSA) is 3.24 Å². The highest BCUT2D eigenvalue weighted by Gasteiger charge is 2.31. The lowest BCUT2D eigenvalue weighted by Crippen LogP contribution is -2.25. The molecule has 45 heavy (non-hydrogen) atoms. The highest BCUT2D eigenvalue weighted by molar-refractivity contribution is 7.79. The zero-order chi connectivity index (χ0) is 32.6. The molecular formula is C43H53NS. The van der Waals surface area contributed by atoms with E-state index in [0.717, 1.165) is 17.9 Å². The minimum Gasteiger partial charge on any atom is -0.310 e. The Morgan fingerprint density at radius 2 is 1.11 bits per heavy atom. The standard InChI is InChI=1S/C41H47NS.C2H6/c1-29(30(2)33-18-16-32(28-43)17-19-33)31(3)40(27-41(4,5)6)35-21-23-38(24-22-35)42(37-14-8-7-9-15-37)39-25-20-34-12-10-11-13-36(34)26-39;1-2/h7-26,29-31,40,43H,27-28H2,1-6H3;1-2H3. The van der Waals surface area contributed by atoms with Gasteiger partial charge in [0.15, 0.2) is 0 Å². The maximum atomic E-state index is 4.45. The minimum absolute atomic E-state index is 0.232. The van der Waals surface area contributed by atoms with E-state index in [9.17, 15) is 0 Å². The molecule has 0 spiro atoms. The molecule has 0 aliphatic heterocycles. The highest BCUT2D eigenvalue weighted by Crippen LogP contribution is 2.44. The molecule has 236 valence electrons. The summed E-state index contributed by atoms with van der Waals surface area (Å²) in [4.78, 5) is 2.37. The zero-order valence-corrected chi connectivity index (χ0v) is 29.6. The molecular weight excluding hydrogens is 563 g/mol. The van der Waals surface area contributed by atoms with E-state index in [4.69, 9.17) is 0 Å². The van der Waals surface area contributed by atoms with Gasteiger partial charge in [0, 0.05) is 22.8 Å². The lowest BCUT2D eigenvalue weighted by atomic mass is 9.68. The molecule has 0 saturated heterocycles. The third-order valence-electron chi connectivity index (χ3n) is 9.36. The molecule has 0 fully saturated rings. The molecule has 4 atom stereocenters. The van der Waals surface area contributed by atoms with Crippen molar-refractivity contribution in [2.75, 3.05) is 4.90 Å². The van der Waals surface area contributed by atoms with E-state index in [2.05, 4.69) is 180 Å². The molecule has 0 aromatic heterocycles. The fraction of sp³-hybridized carbons (Fsp3) is 0.349. The van der Waals surface area contributed by atoms with Crippen LogP contribution < -0.4 is 4.90 Å². The molecule has 1 nitrogen and oxygen atoms in total. The van der Waals surface area contributed by atoms with Crippen molar-refractivity contribution in [1.82, 2.24) is 0 Å². The first-order chi connectivity index (χ1) is 21.6. The summed E-state index contributed by atoms with van der Waals surface area (Å²) in [5, 5.41) is 2.51. The molecule has 0 amide bonds. The molecule has 5 rings (SSSR count). The van der Waals surface area contributed by atoms with Crippen molar-refractivity contribution in [2.24, 2.45) is 17.3 Å². The summed E-state index contributed by atoms with van der Waals surface area (Å²) in [5.41, 5.74) is 7.87. The van der Waals surface area contributed by atoms with Gasteiger partial charge in [-0.2, -0.15) is 12.6 Å². The monoisotopic (exact) mass is 615 g/mol. The molecule has 0 N–H and O–H groups in total. The fourth-order valence-corrected chi connectivity index (χ4v) is 6.74. The second kappa shape index (κ2) is 15.7. The summed E-state index contributed by atoms with van der Waals surface area (Å²) in [6.07, 6.45) is 1.15. The van der Waals surface area contributed by atoms with Crippen LogP contribution >= 0.6 is 12.6 Å². The Morgan fingerprint density at radius 1 is 0.578 bits per heavy atom. The van der Waals surface area contributed by atoms with Crippen LogP contribution in [0.3, 0.4) is 0 Å². The van der Waals surface area contributed by atoms with Gasteiger partial charge in [-0.25, -0.2) is 0 Å². The van der Waals surface area contributed by atoms with Crippen LogP contribution in [0.2, 0.25) is 0 Å². The smallest absolute Gasteiger partial charge is 0.0468 e. The molecule has 4 unspecified atom stereocenters. The molecule has 0 saturated carbocycles. The van der Waals surface area contributed by atoms with Crippen molar-refractivity contribution < 1.29 is 0 Å². The normalized spacial score (nSPS) is 14.2. The first-order valence-corrected chi connectivity index (χ1v) is 17.4. The number of thiol groups is 1. The van der Waals surface area contributed by atoms with Gasteiger partial charge in [-0.15, -0.1) is 0 Å². The Kier molecular flexibility index (Phi) is 12.0. The van der Waals surface area contributed by atoms with E-state index in [-0.39, 0.29) is 5.41 Å². The summed E-state index contributed by atoms with van der Waals surface area (Å²) >= 11 is 4.45. The van der Waals surface area contributed by atoms with Crippen LogP contribution in [0, 0.1) is 17.3 Å². The van der Waals surface area contributed by atoms with Gasteiger partial charge >= 0.3 is 0 Å². The first-order valence-electron chi connectivity index (χ1n) is 16.8. The maximum absolute atomic E-state index is 4.45. The van der Waals surface area contributed by atoms with Gasteiger partial charge in [0.1, 0.15) is 0 Å². The number of anilines is 3. The molecule has 0 heterocycles. The maximum Gasteiger partial charge on any atom is 0.0468 e. The van der Waals surface area contributed by atoms with Crippen LogP contribution in [0.5, 0.6) is 0 Å². The van der Waals surface area contributed by atoms with Crippen molar-refractivity contribution in [3.63, 3.8) is 0 Å². The van der Waals surface area contributed by atoms with E-state index in [1.165, 1.54) is 38.8 Å². The fourth-order valence-electron chi connectivity index (χ4n) is 6.53. The molecule has 0 aliphatic rings. The number of benzene rings is 5. The summed E-state index contributed by atoms with van der Waals surface area (Å²) in [5.74, 6) is 2.79. The van der Waals surface area contributed by atoms with E-state index < -0.39 is 0 Å². The Bertz CT molecular complexity index is 1600. The van der Waals surface area contributed by atoms with Gasteiger partial charge in [-0.1, -0.05) is 140 Å². The van der Waals surface area contributed by atoms with E-state index in [1.54, 1.807) is 0 Å². The van der Waals surface area contributed by atoms with Crippen LogP contribution in [-0.4, -0.2) is 0 Å². The number of hydrogen-bond donors (Lipinski definition) is 1. The van der Waals surface area contributed by atoms with Gasteiger partial charge in [-0.3, -0.25) is 0 Å². The van der Waals surface area contributed by atoms with Crippen LogP contribution in [0.15, 0.2) is 121 Å². The molecule has 0 aliphatic carbocycles. The summed E-state index contributed by atoms with van der Waals surface area (Å²) in [7, 11) is 0. The SMILES string of the molecule is CC.CC(c1ccc(CS)cc1)C(C)C(C)C(CC(C)(C)C)c1ccc(N(c2ccccc2)c2ccc3ccccc3c2)cc1. The summed E-state index contributed by atoms with van der Waals surface area (Å²) < 4.78 is 0. The number of fused-ring (bicyclic) bond motifs is 1. The number of nitrogens with zero attached hydrogens (tertiary/aromatic N) is 1. The second-order valence-electron chi connectivity index (χ2n) is 13.6. The number of rotatable bonds is 10. The van der Waals surface area contributed by atoms with E-state index in [0.29, 0.717) is 23.7 Å². The van der Waals surface area contributed by atoms with Crippen molar-refractivity contribution >= 4 is 40.5 Å². The Labute approximate surface area is 279 Å². The van der Waals surface area contributed by atoms with Crippen molar-refractivity contribution in [3.05, 3.63) is 138 Å². The molecule has 5 aromatic rings. The Morgan fingerprint density at radius 3 is 1.71 bits per heavy atom. The summed E-state index contributed by atoms with van der Waals surface area (Å²) in [6.45, 7) is 18.4. The first kappa shape index (κ1) is 34.4. The van der Waals surface area contributed by atoms with Gasteiger partial charge in [0.25, 0.3) is 0 Å². The van der Waals surface area contributed by atoms with Crippen molar-refractivity contribution in [1.29, 1.82) is 0 Å². The molecule has 0 bridgehead atoms. The third-order valence-corrected chi connectivity index (χ3v) is 9.72. The average molecular weight is 616 g/mol. The summed E-state index contributed by atoms with van der Waals surface area (Å²) in [6, 6.07) is 44.5. The quantitative estimate of drug-likeness (QED) is 0.153. The van der Waals surface area contributed by atoms with Gasteiger partial charge in [0.2, 0.25) is 0 Å². The third kappa shape index (κ3) is 8.61. The number of hydrogen-bond acceptors (Lipinski definition) is 2. The van der Waals surface area contributed by atoms with Gasteiger partial charge in [0.05, 0.1) is 0 Å². The van der Waals surface area contributed by atoms with E-state index in [1.807, 2.05) is 13.8 Å². The predicted molar refractivity (Wildman–Crippen MR) is 203 cm³/mol. The van der Waals surface area contributed by atoms with Crippen LogP contribution in [-0.2, 0) is 5.75 Å². The highest BCUT2D eigenvalue weighted by atomic mass is 32.1. The lowest BCUT2D eigenvalue weighted by molar-refractivity contribution is 0.227. The second-order valence-corrected chi connectivity index (χ2v) is 13.9. The lowest BCUT2D eigenvalue weighted by Gasteiger charge is -2.37. The van der Waals surface area contributed by atoms with E-state index >= 15 is 0 Å². The van der Waals surface area contributed by atoms with Crippen molar-refractivity contribution in [3.8, 4) is 0 Å². The molecule has 2 heteroatoms. The zero-order valence-electron chi connectivity index (χ0n) is 28.7. The van der Waals surface area contributed by atoms with Crippen LogP contribution in [0.4, 0.5) is 17.1 Å². The van der Waals surface area contributed by atoms with Gasteiger partial charge in [-0.05, 0) is 99.4 Å². The Balaban J connectivity index is 0.00000226. The average Bonchev–Trinajstić information content (AvgIpc) is 3.07. The minimum atomic E-state index is 0.232. The largest absolute Gasteiger partial charge is 0.310 e.